The molecule has 14 heavy (non-hydrogen) atoms. The number of aliphatic hydroxyl groups is 1. The number of rotatable bonds is 5. The summed E-state index contributed by atoms with van der Waals surface area (Å²) in [6.07, 6.45) is 2.23. The maximum atomic E-state index is 11.4. The highest BCUT2D eigenvalue weighted by Crippen LogP contribution is 1.99. The number of nitrogens with one attached hydrogen (secondary N) is 2. The molecule has 1 atom stereocenters. The Hall–Kier alpha value is -1.36. The molecule has 1 unspecified atom stereocenters. The summed E-state index contributed by atoms with van der Waals surface area (Å²) < 4.78 is 0. The average Bonchev–Trinajstić information content (AvgIpc) is 2.67. The van der Waals surface area contributed by atoms with Crippen LogP contribution in [0.15, 0.2) is 12.3 Å². The van der Waals surface area contributed by atoms with Crippen LogP contribution >= 0.6 is 0 Å². The third-order valence-electron chi connectivity index (χ3n) is 1.98. The Morgan fingerprint density at radius 2 is 2.57 bits per heavy atom. The summed E-state index contributed by atoms with van der Waals surface area (Å²) in [4.78, 5) is 11.4. The van der Waals surface area contributed by atoms with Crippen molar-refractivity contribution in [3.8, 4) is 0 Å². The molecule has 0 fully saturated rings. The number of hydrogen-bond donors (Lipinski definition) is 3. The number of H-pyrrole nitrogens is 1. The van der Waals surface area contributed by atoms with Gasteiger partial charge >= 0.3 is 0 Å². The van der Waals surface area contributed by atoms with Gasteiger partial charge in [-0.1, -0.05) is 6.92 Å². The molecule has 0 saturated heterocycles. The molecule has 78 valence electrons. The molecule has 1 amide bonds. The summed E-state index contributed by atoms with van der Waals surface area (Å²) in [5, 5.41) is 17.7. The summed E-state index contributed by atoms with van der Waals surface area (Å²) in [7, 11) is 0. The molecule has 0 aliphatic carbocycles. The van der Waals surface area contributed by atoms with Crippen molar-refractivity contribution in [1.29, 1.82) is 0 Å². The van der Waals surface area contributed by atoms with Gasteiger partial charge in [0.2, 0.25) is 0 Å². The second-order valence-electron chi connectivity index (χ2n) is 3.30. The Balaban J connectivity index is 2.28. The lowest BCUT2D eigenvalue weighted by molar-refractivity contribution is 0.0940. The molecule has 1 rings (SSSR count). The third-order valence-corrected chi connectivity index (χ3v) is 1.98. The van der Waals surface area contributed by atoms with E-state index in [1.165, 1.54) is 6.20 Å². The summed E-state index contributed by atoms with van der Waals surface area (Å²) in [6, 6.07) is 1.62. The molecule has 0 radical (unpaired) electrons. The molecular formula is C9H15N3O2. The van der Waals surface area contributed by atoms with Crippen molar-refractivity contribution >= 4 is 5.91 Å². The fraction of sp³-hybridized carbons (Fsp3) is 0.556. The van der Waals surface area contributed by atoms with Crippen LogP contribution in [0.25, 0.3) is 0 Å². The van der Waals surface area contributed by atoms with Crippen molar-refractivity contribution in [3.05, 3.63) is 18.0 Å². The van der Waals surface area contributed by atoms with Gasteiger partial charge in [0, 0.05) is 19.3 Å². The minimum absolute atomic E-state index is 0.154. The molecule has 0 bridgehead atoms. The summed E-state index contributed by atoms with van der Waals surface area (Å²) in [6.45, 7) is 2.70. The second kappa shape index (κ2) is 5.39. The molecule has 0 aromatic carbocycles. The van der Waals surface area contributed by atoms with Crippen molar-refractivity contribution in [2.45, 2.75) is 13.3 Å². The van der Waals surface area contributed by atoms with Gasteiger partial charge < -0.3 is 10.4 Å². The molecule has 0 aliphatic heterocycles. The quantitative estimate of drug-likeness (QED) is 0.629. The van der Waals surface area contributed by atoms with Crippen LogP contribution in [0.2, 0.25) is 0 Å². The zero-order valence-electron chi connectivity index (χ0n) is 8.16. The minimum Gasteiger partial charge on any atom is -0.396 e. The molecular weight excluding hydrogens is 182 g/mol. The molecule has 1 aromatic rings. The fourth-order valence-corrected chi connectivity index (χ4v) is 1.07. The minimum atomic E-state index is -0.160. The lowest BCUT2D eigenvalue weighted by Crippen LogP contribution is -2.28. The summed E-state index contributed by atoms with van der Waals surface area (Å²) >= 11 is 0. The first-order valence-electron chi connectivity index (χ1n) is 4.62. The van der Waals surface area contributed by atoms with Crippen molar-refractivity contribution in [3.63, 3.8) is 0 Å². The van der Waals surface area contributed by atoms with E-state index in [4.69, 9.17) is 5.11 Å². The molecule has 1 aromatic heterocycles. The Kier molecular flexibility index (Phi) is 4.12. The van der Waals surface area contributed by atoms with Crippen molar-refractivity contribution < 1.29 is 9.90 Å². The van der Waals surface area contributed by atoms with Crippen LogP contribution in [0.1, 0.15) is 23.8 Å². The van der Waals surface area contributed by atoms with Gasteiger partial charge in [0.1, 0.15) is 5.69 Å². The van der Waals surface area contributed by atoms with E-state index in [0.29, 0.717) is 18.7 Å². The van der Waals surface area contributed by atoms with Crippen LogP contribution in [0.4, 0.5) is 0 Å². The molecule has 0 saturated carbocycles. The largest absolute Gasteiger partial charge is 0.396 e. The van der Waals surface area contributed by atoms with Gasteiger partial charge in [-0.05, 0) is 18.4 Å². The SMILES string of the molecule is CC(CCO)CNC(=O)c1ccn[nH]1. The van der Waals surface area contributed by atoms with Crippen molar-refractivity contribution in [2.75, 3.05) is 13.2 Å². The molecule has 5 heteroatoms. The normalized spacial score (nSPS) is 12.4. The number of nitrogens with zero attached hydrogens (tertiary/aromatic N) is 1. The summed E-state index contributed by atoms with van der Waals surface area (Å²) in [5.41, 5.74) is 0.459. The zero-order chi connectivity index (χ0) is 10.4. The highest BCUT2D eigenvalue weighted by molar-refractivity contribution is 5.92. The number of aromatic amines is 1. The van der Waals surface area contributed by atoms with Gasteiger partial charge in [-0.2, -0.15) is 5.10 Å². The Morgan fingerprint density at radius 3 is 3.14 bits per heavy atom. The van der Waals surface area contributed by atoms with Gasteiger partial charge in [-0.3, -0.25) is 9.89 Å². The molecule has 3 N–H and O–H groups in total. The zero-order valence-corrected chi connectivity index (χ0v) is 8.16. The van der Waals surface area contributed by atoms with Gasteiger partial charge in [-0.15, -0.1) is 0 Å². The molecule has 0 spiro atoms. The van der Waals surface area contributed by atoms with E-state index in [2.05, 4.69) is 15.5 Å². The fourth-order valence-electron chi connectivity index (χ4n) is 1.07. The maximum absolute atomic E-state index is 11.4. The van der Waals surface area contributed by atoms with Crippen LogP contribution in [0, 0.1) is 5.92 Å². The Labute approximate surface area is 82.5 Å². The van der Waals surface area contributed by atoms with Crippen LogP contribution in [0.3, 0.4) is 0 Å². The Morgan fingerprint density at radius 1 is 1.79 bits per heavy atom. The van der Waals surface area contributed by atoms with Crippen LogP contribution in [-0.2, 0) is 0 Å². The predicted molar refractivity (Wildman–Crippen MR) is 51.8 cm³/mol. The predicted octanol–water partition coefficient (Wildman–Crippen LogP) is 0.158. The number of aliphatic hydroxyl groups excluding tert-OH is 1. The standard InChI is InChI=1S/C9H15N3O2/c1-7(3-5-13)6-10-9(14)8-2-4-11-12-8/h2,4,7,13H,3,5-6H2,1H3,(H,10,14)(H,11,12). The average molecular weight is 197 g/mol. The first kappa shape index (κ1) is 10.7. The van der Waals surface area contributed by atoms with E-state index in [9.17, 15) is 4.79 Å². The first-order valence-corrected chi connectivity index (χ1v) is 4.62. The highest BCUT2D eigenvalue weighted by atomic mass is 16.3. The number of aromatic nitrogens is 2. The van der Waals surface area contributed by atoms with E-state index in [1.807, 2.05) is 6.92 Å². The van der Waals surface area contributed by atoms with Crippen LogP contribution in [-0.4, -0.2) is 34.4 Å². The lowest BCUT2D eigenvalue weighted by Gasteiger charge is -2.09. The van der Waals surface area contributed by atoms with Crippen molar-refractivity contribution in [2.24, 2.45) is 5.92 Å². The third kappa shape index (κ3) is 3.18. The van der Waals surface area contributed by atoms with E-state index < -0.39 is 0 Å². The molecule has 1 heterocycles. The second-order valence-corrected chi connectivity index (χ2v) is 3.30. The number of hydrogen-bond acceptors (Lipinski definition) is 3. The van der Waals surface area contributed by atoms with E-state index >= 15 is 0 Å². The highest BCUT2D eigenvalue weighted by Gasteiger charge is 2.07. The maximum Gasteiger partial charge on any atom is 0.269 e. The van der Waals surface area contributed by atoms with Gasteiger partial charge in [0.05, 0.1) is 0 Å². The van der Waals surface area contributed by atoms with Crippen LogP contribution in [0.5, 0.6) is 0 Å². The van der Waals surface area contributed by atoms with E-state index in [0.717, 1.165) is 0 Å². The molecule has 5 nitrogen and oxygen atoms in total. The van der Waals surface area contributed by atoms with Crippen LogP contribution < -0.4 is 5.32 Å². The van der Waals surface area contributed by atoms with Crippen molar-refractivity contribution in [1.82, 2.24) is 15.5 Å². The monoisotopic (exact) mass is 197 g/mol. The lowest BCUT2D eigenvalue weighted by atomic mass is 10.1. The topological polar surface area (TPSA) is 78.0 Å². The first-order chi connectivity index (χ1) is 6.74. The number of carbonyl (C=O) groups is 1. The van der Waals surface area contributed by atoms with Gasteiger partial charge in [-0.25, -0.2) is 0 Å². The smallest absolute Gasteiger partial charge is 0.269 e. The van der Waals surface area contributed by atoms with E-state index in [1.54, 1.807) is 6.07 Å². The van der Waals surface area contributed by atoms with E-state index in [-0.39, 0.29) is 18.4 Å². The summed E-state index contributed by atoms with van der Waals surface area (Å²) in [5.74, 6) is 0.124. The number of amides is 1. The Bertz CT molecular complexity index is 272. The van der Waals surface area contributed by atoms with Gasteiger partial charge in [0.25, 0.3) is 5.91 Å². The van der Waals surface area contributed by atoms with Gasteiger partial charge in [0.15, 0.2) is 0 Å². The number of carbonyl (C=O) groups excluding carboxylic acids is 1. The molecule has 0 aliphatic rings.